The van der Waals surface area contributed by atoms with Gasteiger partial charge in [-0.3, -0.25) is 19.7 Å². The number of nitrogens with one attached hydrogen (secondary N) is 3. The topological polar surface area (TPSA) is 105 Å². The minimum atomic E-state index is -0.592. The van der Waals surface area contributed by atoms with Crippen LogP contribution in [-0.4, -0.2) is 31.6 Å². The predicted molar refractivity (Wildman–Crippen MR) is 115 cm³/mol. The summed E-state index contributed by atoms with van der Waals surface area (Å²) in [5.41, 5.74) is 3.75. The molecule has 5 rings (SSSR count). The second-order valence-electron chi connectivity index (χ2n) is 7.46. The molecular weight excluding hydrogens is 411 g/mol. The molecule has 0 unspecified atom stereocenters. The van der Waals surface area contributed by atoms with Crippen molar-refractivity contribution in [1.29, 1.82) is 0 Å². The number of carbonyl (C=O) groups excluding carboxylic acids is 2. The van der Waals surface area contributed by atoms with E-state index < -0.39 is 11.7 Å². The van der Waals surface area contributed by atoms with E-state index >= 15 is 0 Å². The average molecular weight is 430 g/mol. The van der Waals surface area contributed by atoms with E-state index in [-0.39, 0.29) is 11.5 Å². The number of amides is 2. The van der Waals surface area contributed by atoms with Gasteiger partial charge in [-0.1, -0.05) is 18.2 Å². The molecule has 0 saturated heterocycles. The Labute approximate surface area is 182 Å². The first-order valence-corrected chi connectivity index (χ1v) is 10.1. The van der Waals surface area contributed by atoms with Gasteiger partial charge in [-0.05, 0) is 36.2 Å². The first-order valence-electron chi connectivity index (χ1n) is 10.1. The number of halogens is 1. The van der Waals surface area contributed by atoms with Gasteiger partial charge >= 0.3 is 0 Å². The van der Waals surface area contributed by atoms with Crippen LogP contribution >= 0.6 is 0 Å². The Bertz CT molecular complexity index is 1310. The fourth-order valence-electron chi connectivity index (χ4n) is 3.79. The van der Waals surface area contributed by atoms with Crippen molar-refractivity contribution in [3.05, 3.63) is 89.1 Å². The molecule has 0 spiro atoms. The van der Waals surface area contributed by atoms with Crippen molar-refractivity contribution in [3.8, 4) is 11.4 Å². The number of fused-ring (bicyclic) bond motifs is 3. The van der Waals surface area contributed by atoms with E-state index in [0.29, 0.717) is 30.9 Å². The third-order valence-electron chi connectivity index (χ3n) is 5.41. The molecule has 3 aromatic heterocycles. The van der Waals surface area contributed by atoms with E-state index in [9.17, 15) is 14.0 Å². The molecule has 1 aromatic carbocycles. The van der Waals surface area contributed by atoms with Gasteiger partial charge in [0.05, 0.1) is 22.5 Å². The Morgan fingerprint density at radius 2 is 2.03 bits per heavy atom. The van der Waals surface area contributed by atoms with Crippen molar-refractivity contribution in [3.63, 3.8) is 0 Å². The molecule has 0 radical (unpaired) electrons. The molecule has 9 heteroatoms. The summed E-state index contributed by atoms with van der Waals surface area (Å²) in [5, 5.41) is 12.7. The zero-order chi connectivity index (χ0) is 22.1. The van der Waals surface area contributed by atoms with Crippen LogP contribution in [0.25, 0.3) is 11.4 Å². The molecule has 0 aliphatic carbocycles. The maximum atomic E-state index is 13.9. The zero-order valence-electron chi connectivity index (χ0n) is 16.9. The molecule has 32 heavy (non-hydrogen) atoms. The molecule has 1 aliphatic rings. The number of carbonyl (C=O) groups is 2. The Balaban J connectivity index is 1.34. The van der Waals surface area contributed by atoms with E-state index in [1.165, 1.54) is 18.2 Å². The van der Waals surface area contributed by atoms with E-state index in [1.54, 1.807) is 30.7 Å². The van der Waals surface area contributed by atoms with Gasteiger partial charge in [0, 0.05) is 37.2 Å². The van der Waals surface area contributed by atoms with Crippen molar-refractivity contribution in [1.82, 2.24) is 25.1 Å². The minimum Gasteiger partial charge on any atom is -0.348 e. The summed E-state index contributed by atoms with van der Waals surface area (Å²) < 4.78 is 15.9. The monoisotopic (exact) mass is 430 g/mol. The Kier molecular flexibility index (Phi) is 4.98. The number of rotatable bonds is 5. The molecular formula is C23H19FN6O2. The van der Waals surface area contributed by atoms with Crippen LogP contribution in [0.4, 0.5) is 10.2 Å². The highest BCUT2D eigenvalue weighted by Gasteiger charge is 2.25. The summed E-state index contributed by atoms with van der Waals surface area (Å²) in [4.78, 5) is 29.1. The normalized spacial score (nSPS) is 12.0. The highest BCUT2D eigenvalue weighted by Crippen LogP contribution is 2.33. The molecule has 4 aromatic rings. The first-order chi connectivity index (χ1) is 15.6. The number of aryl methyl sites for hydroxylation is 1. The molecule has 4 heterocycles. The number of hydrogen-bond acceptors (Lipinski definition) is 4. The minimum absolute atomic E-state index is 0.0454. The third-order valence-corrected chi connectivity index (χ3v) is 5.41. The van der Waals surface area contributed by atoms with Gasteiger partial charge in [0.15, 0.2) is 5.82 Å². The van der Waals surface area contributed by atoms with Crippen LogP contribution in [-0.2, 0) is 19.5 Å². The molecule has 8 nitrogen and oxygen atoms in total. The molecule has 0 atom stereocenters. The first kappa shape index (κ1) is 19.7. The molecule has 0 saturated carbocycles. The predicted octanol–water partition coefficient (Wildman–Crippen LogP) is 3.15. The number of benzene rings is 1. The molecule has 0 bridgehead atoms. The van der Waals surface area contributed by atoms with E-state index in [4.69, 9.17) is 0 Å². The number of aromatic amines is 1. The standard InChI is InChI=1S/C23H19FN6O2/c24-18-6-2-1-5-16(18)23(32)27-21-17-7-9-30-13-15(10-19(30)20(17)28-29-21)22(31)26-12-14-4-3-8-25-11-14/h1-6,8,10-11,13H,7,9,12H2,(H,26,31)(H2,27,28,29,32). The Morgan fingerprint density at radius 1 is 1.16 bits per heavy atom. The number of H-pyrrole nitrogens is 1. The summed E-state index contributed by atoms with van der Waals surface area (Å²) >= 11 is 0. The lowest BCUT2D eigenvalue weighted by Gasteiger charge is -2.16. The number of aromatic nitrogens is 4. The summed E-state index contributed by atoms with van der Waals surface area (Å²) in [7, 11) is 0. The molecule has 3 N–H and O–H groups in total. The second kappa shape index (κ2) is 8.10. The molecule has 0 fully saturated rings. The average Bonchev–Trinajstić information content (AvgIpc) is 3.42. The number of anilines is 1. The highest BCUT2D eigenvalue weighted by molar-refractivity contribution is 6.04. The largest absolute Gasteiger partial charge is 0.348 e. The van der Waals surface area contributed by atoms with Gasteiger partial charge in [0.2, 0.25) is 0 Å². The van der Waals surface area contributed by atoms with Gasteiger partial charge in [0.1, 0.15) is 5.82 Å². The van der Waals surface area contributed by atoms with Crippen molar-refractivity contribution in [2.45, 2.75) is 19.5 Å². The molecule has 2 amide bonds. The van der Waals surface area contributed by atoms with Gasteiger partial charge in [-0.2, -0.15) is 5.10 Å². The van der Waals surface area contributed by atoms with Crippen molar-refractivity contribution in [2.75, 3.05) is 5.32 Å². The Hall–Kier alpha value is -4.27. The SMILES string of the molecule is O=C(NCc1cccnc1)c1cc2n(c1)CCc1c(NC(=O)c3ccccc3F)n[nH]c1-2. The quantitative estimate of drug-likeness (QED) is 0.452. The third kappa shape index (κ3) is 3.64. The zero-order valence-corrected chi connectivity index (χ0v) is 16.9. The molecule has 160 valence electrons. The second-order valence-corrected chi connectivity index (χ2v) is 7.46. The van der Waals surface area contributed by atoms with Gasteiger partial charge in [-0.15, -0.1) is 0 Å². The van der Waals surface area contributed by atoms with Gasteiger partial charge < -0.3 is 15.2 Å². The lowest BCUT2D eigenvalue weighted by Crippen LogP contribution is -2.22. The summed E-state index contributed by atoms with van der Waals surface area (Å²) in [6.07, 6.45) is 5.80. The summed E-state index contributed by atoms with van der Waals surface area (Å²) in [6, 6.07) is 11.3. The maximum absolute atomic E-state index is 13.9. The lowest BCUT2D eigenvalue weighted by molar-refractivity contribution is 0.0950. The van der Waals surface area contributed by atoms with Crippen LogP contribution in [0.1, 0.15) is 31.8 Å². The van der Waals surface area contributed by atoms with Crippen molar-refractivity contribution < 1.29 is 14.0 Å². The van der Waals surface area contributed by atoms with Crippen LogP contribution in [0.3, 0.4) is 0 Å². The fourth-order valence-corrected chi connectivity index (χ4v) is 3.79. The highest BCUT2D eigenvalue weighted by atomic mass is 19.1. The van der Waals surface area contributed by atoms with Crippen molar-refractivity contribution >= 4 is 17.6 Å². The summed E-state index contributed by atoms with van der Waals surface area (Å²) in [5.74, 6) is -0.979. The van der Waals surface area contributed by atoms with Gasteiger partial charge in [0.25, 0.3) is 11.8 Å². The maximum Gasteiger partial charge on any atom is 0.259 e. The van der Waals surface area contributed by atoms with Crippen LogP contribution in [0, 0.1) is 5.82 Å². The smallest absolute Gasteiger partial charge is 0.259 e. The lowest BCUT2D eigenvalue weighted by atomic mass is 10.1. The number of hydrogen-bond donors (Lipinski definition) is 3. The Morgan fingerprint density at radius 3 is 2.84 bits per heavy atom. The van der Waals surface area contributed by atoms with Crippen LogP contribution < -0.4 is 10.6 Å². The van der Waals surface area contributed by atoms with Gasteiger partial charge in [-0.25, -0.2) is 4.39 Å². The fraction of sp³-hybridized carbons (Fsp3) is 0.130. The van der Waals surface area contributed by atoms with E-state index in [2.05, 4.69) is 25.8 Å². The van der Waals surface area contributed by atoms with E-state index in [0.717, 1.165) is 22.5 Å². The number of pyridine rings is 1. The summed E-state index contributed by atoms with van der Waals surface area (Å²) in [6.45, 7) is 1.01. The van der Waals surface area contributed by atoms with Crippen LogP contribution in [0.2, 0.25) is 0 Å². The number of nitrogens with zero attached hydrogens (tertiary/aromatic N) is 3. The van der Waals surface area contributed by atoms with Crippen LogP contribution in [0.5, 0.6) is 0 Å². The van der Waals surface area contributed by atoms with Crippen molar-refractivity contribution in [2.24, 2.45) is 0 Å². The van der Waals surface area contributed by atoms with Crippen LogP contribution in [0.15, 0.2) is 61.1 Å². The molecule has 1 aliphatic heterocycles. The van der Waals surface area contributed by atoms with E-state index in [1.807, 2.05) is 16.7 Å².